The van der Waals surface area contributed by atoms with Crippen LogP contribution in [0.5, 0.6) is 0 Å². The Labute approximate surface area is 143 Å². The van der Waals surface area contributed by atoms with E-state index >= 15 is 0 Å². The van der Waals surface area contributed by atoms with Gasteiger partial charge in [-0.05, 0) is 45.0 Å². The van der Waals surface area contributed by atoms with Crippen LogP contribution in [0.15, 0.2) is 24.3 Å². The molecule has 0 spiro atoms. The molecule has 0 fully saturated rings. The number of benzene rings is 1. The third-order valence-corrected chi connectivity index (χ3v) is 3.58. The van der Waals surface area contributed by atoms with Gasteiger partial charge in [0.15, 0.2) is 0 Å². The molecule has 0 radical (unpaired) electrons. The summed E-state index contributed by atoms with van der Waals surface area (Å²) in [4.78, 5) is 15.2. The highest BCUT2D eigenvalue weighted by molar-refractivity contribution is 5.76. The lowest BCUT2D eigenvalue weighted by atomic mass is 10.1. The van der Waals surface area contributed by atoms with E-state index < -0.39 is 11.7 Å². The molecule has 0 aliphatic heterocycles. The Hall–Kier alpha value is -2.45. The molecule has 1 heterocycles. The number of amides is 1. The highest BCUT2D eigenvalue weighted by Gasteiger charge is 2.30. The maximum Gasteiger partial charge on any atom is 0.416 e. The second-order valence-electron chi connectivity index (χ2n) is 6.21. The van der Waals surface area contributed by atoms with Gasteiger partial charge in [-0.1, -0.05) is 12.1 Å². The van der Waals surface area contributed by atoms with Crippen LogP contribution in [0.25, 0.3) is 11.4 Å². The molecular formula is C16H20F3N5O. The molecule has 25 heavy (non-hydrogen) atoms. The molecule has 1 aromatic carbocycles. The predicted octanol–water partition coefficient (Wildman–Crippen LogP) is 3.00. The van der Waals surface area contributed by atoms with Gasteiger partial charge in [-0.2, -0.15) is 18.0 Å². The van der Waals surface area contributed by atoms with Crippen LogP contribution in [0.3, 0.4) is 0 Å². The average Bonchev–Trinajstić information content (AvgIpc) is 2.94. The van der Waals surface area contributed by atoms with Crippen molar-refractivity contribution in [2.24, 2.45) is 0 Å². The van der Waals surface area contributed by atoms with Crippen molar-refractivity contribution in [3.05, 3.63) is 29.8 Å². The first-order valence-corrected chi connectivity index (χ1v) is 7.86. The summed E-state index contributed by atoms with van der Waals surface area (Å²) in [5.74, 6) is -0.141. The van der Waals surface area contributed by atoms with E-state index in [0.29, 0.717) is 0 Å². The van der Waals surface area contributed by atoms with Crippen molar-refractivity contribution in [2.45, 2.75) is 52.5 Å². The number of carbonyl (C=O) groups is 1. The minimum atomic E-state index is -4.45. The molecule has 0 aliphatic rings. The Bertz CT molecular complexity index is 731. The van der Waals surface area contributed by atoms with Gasteiger partial charge in [-0.15, -0.1) is 10.2 Å². The lowest BCUT2D eigenvalue weighted by molar-refractivity contribution is -0.137. The number of rotatable bonds is 5. The molecule has 1 amide bonds. The topological polar surface area (TPSA) is 63.9 Å². The molecule has 0 saturated heterocycles. The Balaban J connectivity index is 2.19. The Morgan fingerprint density at radius 2 is 1.84 bits per heavy atom. The van der Waals surface area contributed by atoms with Crippen LogP contribution in [0.1, 0.15) is 33.3 Å². The molecule has 136 valence electrons. The summed E-state index contributed by atoms with van der Waals surface area (Å²) in [5.41, 5.74) is -0.596. The van der Waals surface area contributed by atoms with Crippen LogP contribution in [-0.2, 0) is 17.5 Å². The molecule has 0 saturated carbocycles. The zero-order chi connectivity index (χ0) is 18.8. The van der Waals surface area contributed by atoms with Crippen molar-refractivity contribution in [1.29, 1.82) is 0 Å². The second kappa shape index (κ2) is 7.20. The summed E-state index contributed by atoms with van der Waals surface area (Å²) in [6, 6.07) is 4.70. The molecule has 0 aliphatic carbocycles. The summed E-state index contributed by atoms with van der Waals surface area (Å²) in [5, 5.41) is 11.6. The third kappa shape index (κ3) is 4.55. The summed E-state index contributed by atoms with van der Waals surface area (Å²) in [6.45, 7) is 7.49. The molecule has 0 atom stereocenters. The SMILES string of the molecule is CC(C)N(C(=O)Cn1nnc(-c2cccc(C(F)(F)F)c2)n1)C(C)C. The van der Waals surface area contributed by atoms with E-state index in [1.807, 2.05) is 27.7 Å². The summed E-state index contributed by atoms with van der Waals surface area (Å²) < 4.78 is 38.4. The highest BCUT2D eigenvalue weighted by Crippen LogP contribution is 2.31. The molecule has 0 N–H and O–H groups in total. The van der Waals surface area contributed by atoms with Gasteiger partial charge in [0, 0.05) is 17.6 Å². The third-order valence-electron chi connectivity index (χ3n) is 3.58. The Kier molecular flexibility index (Phi) is 5.44. The van der Waals surface area contributed by atoms with Crippen molar-refractivity contribution < 1.29 is 18.0 Å². The zero-order valence-corrected chi connectivity index (χ0v) is 14.4. The van der Waals surface area contributed by atoms with Gasteiger partial charge in [0.05, 0.1) is 5.56 Å². The van der Waals surface area contributed by atoms with Gasteiger partial charge < -0.3 is 4.90 Å². The maximum atomic E-state index is 12.8. The fourth-order valence-electron chi connectivity index (χ4n) is 2.64. The van der Waals surface area contributed by atoms with Gasteiger partial charge in [-0.25, -0.2) is 0 Å². The second-order valence-corrected chi connectivity index (χ2v) is 6.21. The fourth-order valence-corrected chi connectivity index (χ4v) is 2.64. The molecule has 6 nitrogen and oxygen atoms in total. The van der Waals surface area contributed by atoms with E-state index in [9.17, 15) is 18.0 Å². The first-order chi connectivity index (χ1) is 11.6. The first-order valence-electron chi connectivity index (χ1n) is 7.86. The molecule has 9 heteroatoms. The minimum Gasteiger partial charge on any atom is -0.336 e. The number of hydrogen-bond donors (Lipinski definition) is 0. The van der Waals surface area contributed by atoms with Crippen molar-refractivity contribution in [3.8, 4) is 11.4 Å². The van der Waals surface area contributed by atoms with Crippen LogP contribution in [0.4, 0.5) is 13.2 Å². The number of alkyl halides is 3. The van der Waals surface area contributed by atoms with E-state index in [4.69, 9.17) is 0 Å². The van der Waals surface area contributed by atoms with Gasteiger partial charge in [0.2, 0.25) is 11.7 Å². The number of aromatic nitrogens is 4. The van der Waals surface area contributed by atoms with Gasteiger partial charge in [0.25, 0.3) is 0 Å². The van der Waals surface area contributed by atoms with Crippen molar-refractivity contribution in [3.63, 3.8) is 0 Å². The van der Waals surface area contributed by atoms with E-state index in [-0.39, 0.29) is 35.9 Å². The largest absolute Gasteiger partial charge is 0.416 e. The quantitative estimate of drug-likeness (QED) is 0.827. The standard InChI is InChI=1S/C16H20F3N5O/c1-10(2)24(11(3)4)14(25)9-23-21-15(20-22-23)12-6-5-7-13(8-12)16(17,18)19/h5-8,10-11H,9H2,1-4H3. The monoisotopic (exact) mass is 355 g/mol. The molecular weight excluding hydrogens is 335 g/mol. The van der Waals surface area contributed by atoms with Crippen LogP contribution in [0, 0.1) is 0 Å². The molecule has 0 bridgehead atoms. The van der Waals surface area contributed by atoms with Gasteiger partial charge >= 0.3 is 6.18 Å². The number of hydrogen-bond acceptors (Lipinski definition) is 4. The summed E-state index contributed by atoms with van der Waals surface area (Å²) >= 11 is 0. The van der Waals surface area contributed by atoms with Crippen molar-refractivity contribution >= 4 is 5.91 Å². The van der Waals surface area contributed by atoms with Crippen molar-refractivity contribution in [1.82, 2.24) is 25.1 Å². The lowest BCUT2D eigenvalue weighted by Gasteiger charge is -2.30. The minimum absolute atomic E-state index is 0.0129. The maximum absolute atomic E-state index is 12.8. The van der Waals surface area contributed by atoms with Crippen LogP contribution in [-0.4, -0.2) is 43.1 Å². The first kappa shape index (κ1) is 18.9. The van der Waals surface area contributed by atoms with Crippen molar-refractivity contribution in [2.75, 3.05) is 0 Å². The molecule has 2 rings (SSSR count). The number of tetrazole rings is 1. The summed E-state index contributed by atoms with van der Waals surface area (Å²) in [7, 11) is 0. The van der Waals surface area contributed by atoms with Gasteiger partial charge in [0.1, 0.15) is 6.54 Å². The molecule has 1 aromatic heterocycles. The Morgan fingerprint density at radius 3 is 2.40 bits per heavy atom. The van der Waals surface area contributed by atoms with Crippen LogP contribution >= 0.6 is 0 Å². The van der Waals surface area contributed by atoms with Gasteiger partial charge in [-0.3, -0.25) is 4.79 Å². The Morgan fingerprint density at radius 1 is 1.20 bits per heavy atom. The highest BCUT2D eigenvalue weighted by atomic mass is 19.4. The van der Waals surface area contributed by atoms with E-state index in [0.717, 1.165) is 16.9 Å². The summed E-state index contributed by atoms with van der Waals surface area (Å²) in [6.07, 6.45) is -4.45. The average molecular weight is 355 g/mol. The van der Waals surface area contributed by atoms with E-state index in [1.54, 1.807) is 4.90 Å². The number of halogens is 3. The predicted molar refractivity (Wildman–Crippen MR) is 85.4 cm³/mol. The van der Waals surface area contributed by atoms with E-state index in [2.05, 4.69) is 15.4 Å². The van der Waals surface area contributed by atoms with Crippen LogP contribution < -0.4 is 0 Å². The molecule has 0 unspecified atom stereocenters. The van der Waals surface area contributed by atoms with E-state index in [1.165, 1.54) is 12.1 Å². The number of nitrogens with zero attached hydrogens (tertiary/aromatic N) is 5. The fraction of sp³-hybridized carbons (Fsp3) is 0.500. The smallest absolute Gasteiger partial charge is 0.336 e. The molecule has 2 aromatic rings. The number of carbonyl (C=O) groups excluding carboxylic acids is 1. The zero-order valence-electron chi connectivity index (χ0n) is 14.4. The normalized spacial score (nSPS) is 12.0. The lowest BCUT2D eigenvalue weighted by Crippen LogP contribution is -2.44. The van der Waals surface area contributed by atoms with Crippen LogP contribution in [0.2, 0.25) is 0 Å².